The lowest BCUT2D eigenvalue weighted by molar-refractivity contribution is 0.254. The highest BCUT2D eigenvalue weighted by Gasteiger charge is 2.24. The van der Waals surface area contributed by atoms with Gasteiger partial charge in [0.25, 0.3) is 0 Å². The molecular weight excluding hydrogens is 344 g/mol. The summed E-state index contributed by atoms with van der Waals surface area (Å²) in [6.45, 7) is 9.20. The molecule has 4 N–H and O–H groups in total. The second-order valence-electron chi connectivity index (χ2n) is 10.2. The third-order valence-corrected chi connectivity index (χ3v) is 7.13. The Balaban J connectivity index is 0.000000187. The van der Waals surface area contributed by atoms with E-state index in [0.29, 0.717) is 0 Å². The molecule has 4 aliphatic carbocycles. The van der Waals surface area contributed by atoms with Crippen LogP contribution in [0.1, 0.15) is 79.1 Å². The summed E-state index contributed by atoms with van der Waals surface area (Å²) in [5.41, 5.74) is 0. The molecule has 0 aliphatic heterocycles. The summed E-state index contributed by atoms with van der Waals surface area (Å²) >= 11 is 0. The van der Waals surface area contributed by atoms with Gasteiger partial charge in [0.2, 0.25) is 0 Å². The van der Waals surface area contributed by atoms with E-state index in [0.717, 1.165) is 47.8 Å². The predicted octanol–water partition coefficient (Wildman–Crippen LogP) is 4.02. The van der Waals surface area contributed by atoms with Crippen molar-refractivity contribution in [1.29, 1.82) is 0 Å². The maximum atomic E-state index is 3.23. The molecule has 168 valence electrons. The highest BCUT2D eigenvalue weighted by Crippen LogP contribution is 2.27. The van der Waals surface area contributed by atoms with Crippen molar-refractivity contribution in [3.63, 3.8) is 0 Å². The third kappa shape index (κ3) is 10.0. The highest BCUT2D eigenvalue weighted by molar-refractivity contribution is 4.82. The van der Waals surface area contributed by atoms with Crippen LogP contribution in [0.2, 0.25) is 0 Å². The molecule has 4 aliphatic rings. The molecule has 0 aromatic carbocycles. The third-order valence-electron chi connectivity index (χ3n) is 7.13. The standard InChI is InChI=1S/4C6H13N/c4*1-5-3-6(4-5)7-2/h4*5-7H,3-4H2,1-2H3. The Labute approximate surface area is 176 Å². The van der Waals surface area contributed by atoms with Crippen LogP contribution in [0.5, 0.6) is 0 Å². The molecule has 4 fully saturated rings. The Bertz CT molecular complexity index is 293. The largest absolute Gasteiger partial charge is 0.317 e. The van der Waals surface area contributed by atoms with Gasteiger partial charge in [-0.05, 0) is 103 Å². The fourth-order valence-corrected chi connectivity index (χ4v) is 4.55. The normalized spacial score (nSPS) is 40.3. The minimum Gasteiger partial charge on any atom is -0.317 e. The van der Waals surface area contributed by atoms with Crippen LogP contribution < -0.4 is 21.3 Å². The van der Waals surface area contributed by atoms with E-state index < -0.39 is 0 Å². The fourth-order valence-electron chi connectivity index (χ4n) is 4.55. The van der Waals surface area contributed by atoms with Gasteiger partial charge in [-0.15, -0.1) is 0 Å². The van der Waals surface area contributed by atoms with Crippen molar-refractivity contribution in [2.45, 2.75) is 103 Å². The van der Waals surface area contributed by atoms with E-state index in [4.69, 9.17) is 0 Å². The highest BCUT2D eigenvalue weighted by atomic mass is 14.9. The summed E-state index contributed by atoms with van der Waals surface area (Å²) in [5, 5.41) is 12.9. The van der Waals surface area contributed by atoms with Crippen molar-refractivity contribution >= 4 is 0 Å². The molecule has 0 aromatic heterocycles. The lowest BCUT2D eigenvalue weighted by atomic mass is 9.82. The molecule has 0 unspecified atom stereocenters. The van der Waals surface area contributed by atoms with Crippen molar-refractivity contribution in [2.24, 2.45) is 23.7 Å². The van der Waals surface area contributed by atoms with Gasteiger partial charge in [-0.2, -0.15) is 0 Å². The number of hydrogen-bond donors (Lipinski definition) is 4. The smallest absolute Gasteiger partial charge is 0.00691 e. The van der Waals surface area contributed by atoms with Gasteiger partial charge in [0.1, 0.15) is 0 Å². The maximum Gasteiger partial charge on any atom is 0.00691 e. The number of hydrogen-bond acceptors (Lipinski definition) is 4. The van der Waals surface area contributed by atoms with Crippen LogP contribution >= 0.6 is 0 Å². The first-order valence-electron chi connectivity index (χ1n) is 12.0. The van der Waals surface area contributed by atoms with Crippen LogP contribution in [0.4, 0.5) is 0 Å². The molecule has 0 spiro atoms. The average molecular weight is 397 g/mol. The minimum absolute atomic E-state index is 0.843. The summed E-state index contributed by atoms with van der Waals surface area (Å²) in [7, 11) is 8.15. The fraction of sp³-hybridized carbons (Fsp3) is 1.00. The molecule has 0 saturated heterocycles. The van der Waals surface area contributed by atoms with Gasteiger partial charge in [-0.25, -0.2) is 0 Å². The Morgan fingerprint density at radius 3 is 0.536 bits per heavy atom. The van der Waals surface area contributed by atoms with E-state index in [2.05, 4.69) is 49.0 Å². The SMILES string of the molecule is CNC1CC(C)C1.CNC1CC(C)C1.CNC1CC(C)C1.CNC1CC(C)C1. The van der Waals surface area contributed by atoms with Gasteiger partial charge in [0.15, 0.2) is 0 Å². The van der Waals surface area contributed by atoms with Gasteiger partial charge >= 0.3 is 0 Å². The van der Waals surface area contributed by atoms with Crippen molar-refractivity contribution in [1.82, 2.24) is 21.3 Å². The molecule has 0 bridgehead atoms. The summed E-state index contributed by atoms with van der Waals surface area (Å²) in [6.07, 6.45) is 11.1. The first-order valence-corrected chi connectivity index (χ1v) is 12.0. The van der Waals surface area contributed by atoms with Crippen LogP contribution in [-0.4, -0.2) is 52.4 Å². The Morgan fingerprint density at radius 2 is 0.500 bits per heavy atom. The molecule has 0 radical (unpaired) electrons. The van der Waals surface area contributed by atoms with Gasteiger partial charge in [0, 0.05) is 24.2 Å². The van der Waals surface area contributed by atoms with E-state index in [9.17, 15) is 0 Å². The lowest BCUT2D eigenvalue weighted by Crippen LogP contribution is -2.37. The second-order valence-corrected chi connectivity index (χ2v) is 10.2. The molecule has 0 aromatic rings. The second kappa shape index (κ2) is 14.0. The first-order chi connectivity index (χ1) is 13.3. The molecule has 0 atom stereocenters. The predicted molar refractivity (Wildman–Crippen MR) is 125 cm³/mol. The van der Waals surface area contributed by atoms with Gasteiger partial charge in [-0.3, -0.25) is 0 Å². The van der Waals surface area contributed by atoms with Crippen LogP contribution in [0, 0.1) is 23.7 Å². The number of nitrogens with one attached hydrogen (secondary N) is 4. The summed E-state index contributed by atoms with van der Waals surface area (Å²) in [6, 6.07) is 3.37. The molecule has 4 saturated carbocycles. The van der Waals surface area contributed by atoms with Gasteiger partial charge < -0.3 is 21.3 Å². The molecule has 4 rings (SSSR count). The maximum absolute atomic E-state index is 3.23. The Kier molecular flexibility index (Phi) is 12.9. The zero-order valence-corrected chi connectivity index (χ0v) is 20.3. The number of rotatable bonds is 4. The molecule has 28 heavy (non-hydrogen) atoms. The quantitative estimate of drug-likeness (QED) is 0.580. The van der Waals surface area contributed by atoms with E-state index in [1.807, 2.05) is 28.2 Å². The van der Waals surface area contributed by atoms with Crippen molar-refractivity contribution in [3.8, 4) is 0 Å². The first kappa shape index (κ1) is 25.9. The Hall–Kier alpha value is -0.160. The molecule has 0 heterocycles. The summed E-state index contributed by atoms with van der Waals surface area (Å²) in [4.78, 5) is 0. The average Bonchev–Trinajstić information content (AvgIpc) is 2.58. The topological polar surface area (TPSA) is 48.1 Å². The van der Waals surface area contributed by atoms with Crippen LogP contribution in [0.15, 0.2) is 0 Å². The van der Waals surface area contributed by atoms with Crippen molar-refractivity contribution in [2.75, 3.05) is 28.2 Å². The lowest BCUT2D eigenvalue weighted by Gasteiger charge is -2.31. The van der Waals surface area contributed by atoms with Crippen molar-refractivity contribution < 1.29 is 0 Å². The van der Waals surface area contributed by atoms with E-state index in [1.165, 1.54) is 51.4 Å². The van der Waals surface area contributed by atoms with E-state index in [-0.39, 0.29) is 0 Å². The molecular formula is C24H52N4. The van der Waals surface area contributed by atoms with E-state index in [1.54, 1.807) is 0 Å². The monoisotopic (exact) mass is 396 g/mol. The minimum atomic E-state index is 0.843. The summed E-state index contributed by atoms with van der Waals surface area (Å²) in [5.74, 6) is 3.93. The zero-order valence-electron chi connectivity index (χ0n) is 20.3. The van der Waals surface area contributed by atoms with Crippen LogP contribution in [0.25, 0.3) is 0 Å². The van der Waals surface area contributed by atoms with Crippen LogP contribution in [0.3, 0.4) is 0 Å². The molecule has 0 amide bonds. The van der Waals surface area contributed by atoms with Crippen LogP contribution in [-0.2, 0) is 0 Å². The molecule has 4 heteroatoms. The van der Waals surface area contributed by atoms with Gasteiger partial charge in [0.05, 0.1) is 0 Å². The van der Waals surface area contributed by atoms with Gasteiger partial charge in [-0.1, -0.05) is 27.7 Å². The summed E-state index contributed by atoms with van der Waals surface area (Å²) < 4.78 is 0. The van der Waals surface area contributed by atoms with Crippen molar-refractivity contribution in [3.05, 3.63) is 0 Å². The molecule has 4 nitrogen and oxygen atoms in total. The zero-order chi connectivity index (χ0) is 21.1. The Morgan fingerprint density at radius 1 is 0.357 bits per heavy atom. The van der Waals surface area contributed by atoms with E-state index >= 15 is 0 Å².